The Hall–Kier alpha value is -1.73. The van der Waals surface area contributed by atoms with Crippen LogP contribution < -0.4 is 10.9 Å². The van der Waals surface area contributed by atoms with Crippen molar-refractivity contribution in [3.8, 4) is 0 Å². The van der Waals surface area contributed by atoms with Crippen LogP contribution in [0.4, 0.5) is 0 Å². The molecule has 2 aliphatic rings. The van der Waals surface area contributed by atoms with Gasteiger partial charge in [-0.15, -0.1) is 0 Å². The molecule has 126 valence electrons. The summed E-state index contributed by atoms with van der Waals surface area (Å²) in [6.07, 6.45) is 2.23. The summed E-state index contributed by atoms with van der Waals surface area (Å²) in [7, 11) is 0. The highest BCUT2D eigenvalue weighted by molar-refractivity contribution is 5.79. The van der Waals surface area contributed by atoms with Crippen molar-refractivity contribution in [3.63, 3.8) is 0 Å². The minimum absolute atomic E-state index is 0.166. The van der Waals surface area contributed by atoms with Crippen molar-refractivity contribution in [1.82, 2.24) is 20.0 Å². The van der Waals surface area contributed by atoms with Gasteiger partial charge in [0.15, 0.2) is 0 Å². The van der Waals surface area contributed by atoms with Gasteiger partial charge in [0, 0.05) is 38.2 Å². The predicted octanol–water partition coefficient (Wildman–Crippen LogP) is 0.130. The number of hydrogen-bond acceptors (Lipinski definition) is 5. The molecule has 0 bridgehead atoms. The highest BCUT2D eigenvalue weighted by Gasteiger charge is 2.27. The Kier molecular flexibility index (Phi) is 5.07. The van der Waals surface area contributed by atoms with Gasteiger partial charge < -0.3 is 10.1 Å². The van der Waals surface area contributed by atoms with Crippen LogP contribution in [0.3, 0.4) is 0 Å². The molecule has 1 aromatic rings. The van der Waals surface area contributed by atoms with Gasteiger partial charge in [-0.2, -0.15) is 5.10 Å². The quantitative estimate of drug-likeness (QED) is 0.806. The fourth-order valence-corrected chi connectivity index (χ4v) is 2.74. The largest absolute Gasteiger partial charge is 0.379 e. The van der Waals surface area contributed by atoms with Crippen LogP contribution in [0.2, 0.25) is 0 Å². The van der Waals surface area contributed by atoms with Crippen LogP contribution in [0.25, 0.3) is 0 Å². The van der Waals surface area contributed by atoms with E-state index in [2.05, 4.69) is 15.3 Å². The van der Waals surface area contributed by atoms with Gasteiger partial charge in [-0.05, 0) is 25.8 Å². The van der Waals surface area contributed by atoms with Crippen LogP contribution in [0.1, 0.15) is 37.4 Å². The maximum atomic E-state index is 12.3. The lowest BCUT2D eigenvalue weighted by atomic mass is 10.2. The van der Waals surface area contributed by atoms with Crippen molar-refractivity contribution in [3.05, 3.63) is 28.2 Å². The number of nitrogens with one attached hydrogen (secondary N) is 1. The second kappa shape index (κ2) is 7.23. The van der Waals surface area contributed by atoms with Gasteiger partial charge in [0.2, 0.25) is 5.91 Å². The second-order valence-corrected chi connectivity index (χ2v) is 6.24. The third-order valence-electron chi connectivity index (χ3n) is 4.42. The molecule has 1 aliphatic carbocycles. The molecule has 1 aliphatic heterocycles. The van der Waals surface area contributed by atoms with Gasteiger partial charge in [0.1, 0.15) is 6.04 Å². The topological polar surface area (TPSA) is 76.5 Å². The molecule has 7 nitrogen and oxygen atoms in total. The number of carbonyl (C=O) groups is 1. The molecule has 7 heteroatoms. The molecule has 1 amide bonds. The average Bonchev–Trinajstić information content (AvgIpc) is 3.40. The van der Waals surface area contributed by atoms with E-state index in [9.17, 15) is 9.59 Å². The number of morpholine rings is 1. The van der Waals surface area contributed by atoms with Gasteiger partial charge in [0.05, 0.1) is 18.9 Å². The number of hydrogen-bond donors (Lipinski definition) is 1. The Balaban J connectivity index is 1.54. The third-order valence-corrected chi connectivity index (χ3v) is 4.42. The lowest BCUT2D eigenvalue weighted by Gasteiger charge is -2.26. The number of nitrogens with zero attached hydrogens (tertiary/aromatic N) is 3. The van der Waals surface area contributed by atoms with E-state index in [1.807, 2.05) is 0 Å². The summed E-state index contributed by atoms with van der Waals surface area (Å²) >= 11 is 0. The first-order valence-corrected chi connectivity index (χ1v) is 8.33. The fourth-order valence-electron chi connectivity index (χ4n) is 2.74. The first-order valence-electron chi connectivity index (χ1n) is 8.33. The van der Waals surface area contributed by atoms with Gasteiger partial charge in [-0.1, -0.05) is 0 Å². The van der Waals surface area contributed by atoms with Gasteiger partial charge in [0.25, 0.3) is 5.56 Å². The molecule has 0 radical (unpaired) electrons. The SMILES string of the molecule is CC(C(=O)NCCN1CCOCC1)n1nc(C2CC2)ccc1=O. The van der Waals surface area contributed by atoms with E-state index in [0.29, 0.717) is 12.5 Å². The smallest absolute Gasteiger partial charge is 0.267 e. The molecule has 1 atom stereocenters. The fraction of sp³-hybridized carbons (Fsp3) is 0.688. The van der Waals surface area contributed by atoms with E-state index in [-0.39, 0.29) is 11.5 Å². The van der Waals surface area contributed by atoms with Crippen molar-refractivity contribution in [1.29, 1.82) is 0 Å². The van der Waals surface area contributed by atoms with Crippen molar-refractivity contribution in [2.75, 3.05) is 39.4 Å². The summed E-state index contributed by atoms with van der Waals surface area (Å²) in [6, 6.07) is 2.70. The molecule has 3 rings (SSSR count). The zero-order chi connectivity index (χ0) is 16.2. The first kappa shape index (κ1) is 16.1. The molecule has 1 saturated heterocycles. The van der Waals surface area contributed by atoms with E-state index in [1.54, 1.807) is 13.0 Å². The van der Waals surface area contributed by atoms with E-state index in [4.69, 9.17) is 4.74 Å². The summed E-state index contributed by atoms with van der Waals surface area (Å²) in [5.41, 5.74) is 0.683. The highest BCUT2D eigenvalue weighted by atomic mass is 16.5. The molecule has 1 aromatic heterocycles. The summed E-state index contributed by atoms with van der Waals surface area (Å²) in [6.45, 7) is 6.38. The number of amides is 1. The molecular formula is C16H24N4O3. The second-order valence-electron chi connectivity index (χ2n) is 6.24. The lowest BCUT2D eigenvalue weighted by molar-refractivity contribution is -0.124. The monoisotopic (exact) mass is 320 g/mol. The van der Waals surface area contributed by atoms with Gasteiger partial charge >= 0.3 is 0 Å². The molecular weight excluding hydrogens is 296 g/mol. The number of carbonyl (C=O) groups excluding carboxylic acids is 1. The molecule has 2 fully saturated rings. The van der Waals surface area contributed by atoms with Crippen LogP contribution >= 0.6 is 0 Å². The van der Waals surface area contributed by atoms with Crippen molar-refractivity contribution < 1.29 is 9.53 Å². The number of rotatable bonds is 6. The van der Waals surface area contributed by atoms with Crippen LogP contribution in [0.15, 0.2) is 16.9 Å². The van der Waals surface area contributed by atoms with Crippen LogP contribution in [-0.2, 0) is 9.53 Å². The summed E-state index contributed by atoms with van der Waals surface area (Å²) in [5.74, 6) is 0.291. The Bertz CT molecular complexity index is 606. The first-order chi connectivity index (χ1) is 11.1. The Labute approximate surface area is 135 Å². The Morgan fingerprint density at radius 1 is 1.39 bits per heavy atom. The van der Waals surface area contributed by atoms with Crippen molar-refractivity contribution in [2.24, 2.45) is 0 Å². The lowest BCUT2D eigenvalue weighted by Crippen LogP contribution is -2.43. The predicted molar refractivity (Wildman–Crippen MR) is 85.5 cm³/mol. The van der Waals surface area contributed by atoms with Crippen LogP contribution in [-0.4, -0.2) is 60.0 Å². The highest BCUT2D eigenvalue weighted by Crippen LogP contribution is 2.38. The third kappa shape index (κ3) is 4.17. The summed E-state index contributed by atoms with van der Waals surface area (Å²) in [4.78, 5) is 26.5. The number of ether oxygens (including phenoxy) is 1. The molecule has 1 saturated carbocycles. The molecule has 1 N–H and O–H groups in total. The van der Waals surface area contributed by atoms with E-state index in [0.717, 1.165) is 51.4 Å². The van der Waals surface area contributed by atoms with Crippen molar-refractivity contribution in [2.45, 2.75) is 31.7 Å². The average molecular weight is 320 g/mol. The summed E-state index contributed by atoms with van der Waals surface area (Å²) < 4.78 is 6.60. The van der Waals surface area contributed by atoms with E-state index in [1.165, 1.54) is 10.7 Å². The van der Waals surface area contributed by atoms with Crippen LogP contribution in [0, 0.1) is 0 Å². The minimum Gasteiger partial charge on any atom is -0.379 e. The molecule has 0 spiro atoms. The van der Waals surface area contributed by atoms with E-state index < -0.39 is 6.04 Å². The van der Waals surface area contributed by atoms with Gasteiger partial charge in [-0.25, -0.2) is 4.68 Å². The van der Waals surface area contributed by atoms with Gasteiger partial charge in [-0.3, -0.25) is 14.5 Å². The standard InChI is InChI=1S/C16H24N4O3/c1-12(16(22)17-6-7-19-8-10-23-11-9-19)20-15(21)5-4-14(18-20)13-2-3-13/h4-5,12-13H,2-3,6-11H2,1H3,(H,17,22). The maximum absolute atomic E-state index is 12.3. The molecule has 23 heavy (non-hydrogen) atoms. The zero-order valence-corrected chi connectivity index (χ0v) is 13.5. The Morgan fingerprint density at radius 2 is 2.13 bits per heavy atom. The Morgan fingerprint density at radius 3 is 2.83 bits per heavy atom. The maximum Gasteiger partial charge on any atom is 0.267 e. The van der Waals surface area contributed by atoms with Crippen molar-refractivity contribution >= 4 is 5.91 Å². The molecule has 2 heterocycles. The molecule has 0 aromatic carbocycles. The van der Waals surface area contributed by atoms with Crippen LogP contribution in [0.5, 0.6) is 0 Å². The van der Waals surface area contributed by atoms with E-state index >= 15 is 0 Å². The summed E-state index contributed by atoms with van der Waals surface area (Å²) in [5, 5.41) is 7.27. The number of aromatic nitrogens is 2. The molecule has 1 unspecified atom stereocenters. The normalized spacial score (nSPS) is 20.2. The zero-order valence-electron chi connectivity index (χ0n) is 13.5. The minimum atomic E-state index is -0.592.